The Labute approximate surface area is 129 Å². The molecule has 0 aliphatic carbocycles. The van der Waals surface area contributed by atoms with Crippen LogP contribution in [0.3, 0.4) is 0 Å². The van der Waals surface area contributed by atoms with E-state index < -0.39 is 0 Å². The number of halogens is 1. The number of hydrogen-bond donors (Lipinski definition) is 1. The minimum atomic E-state index is 0.208. The van der Waals surface area contributed by atoms with Gasteiger partial charge >= 0.3 is 0 Å². The fourth-order valence-corrected chi connectivity index (χ4v) is 2.95. The predicted octanol–water partition coefficient (Wildman–Crippen LogP) is 5.04. The van der Waals surface area contributed by atoms with Gasteiger partial charge in [-0.25, -0.2) is 0 Å². The van der Waals surface area contributed by atoms with E-state index >= 15 is 0 Å². The SMILES string of the molecule is CC(C)Oc1ccc(C(C)NCc2cc(Cl)cs2)cc1. The maximum absolute atomic E-state index is 5.92. The van der Waals surface area contributed by atoms with Gasteiger partial charge in [-0.2, -0.15) is 0 Å². The average molecular weight is 310 g/mol. The first-order valence-corrected chi connectivity index (χ1v) is 8.03. The van der Waals surface area contributed by atoms with Crippen molar-refractivity contribution in [3.63, 3.8) is 0 Å². The Hall–Kier alpha value is -1.03. The molecule has 0 aliphatic heterocycles. The number of nitrogens with one attached hydrogen (secondary N) is 1. The van der Waals surface area contributed by atoms with E-state index in [0.717, 1.165) is 17.3 Å². The van der Waals surface area contributed by atoms with E-state index in [2.05, 4.69) is 24.4 Å². The first-order chi connectivity index (χ1) is 9.54. The molecule has 4 heteroatoms. The van der Waals surface area contributed by atoms with Gasteiger partial charge in [-0.1, -0.05) is 23.7 Å². The molecule has 0 spiro atoms. The second-order valence-corrected chi connectivity index (χ2v) is 6.50. The summed E-state index contributed by atoms with van der Waals surface area (Å²) in [5.74, 6) is 0.918. The third kappa shape index (κ3) is 4.51. The molecule has 1 aromatic heterocycles. The van der Waals surface area contributed by atoms with Crippen LogP contribution in [-0.2, 0) is 6.54 Å². The summed E-state index contributed by atoms with van der Waals surface area (Å²) < 4.78 is 5.65. The van der Waals surface area contributed by atoms with Crippen LogP contribution in [0, 0.1) is 0 Å². The van der Waals surface area contributed by atoms with E-state index in [0.29, 0.717) is 6.04 Å². The topological polar surface area (TPSA) is 21.3 Å². The molecule has 0 bridgehead atoms. The Morgan fingerprint density at radius 3 is 2.45 bits per heavy atom. The summed E-state index contributed by atoms with van der Waals surface area (Å²) >= 11 is 7.60. The Bertz CT molecular complexity index is 536. The summed E-state index contributed by atoms with van der Waals surface area (Å²) in [7, 11) is 0. The van der Waals surface area contributed by atoms with Crippen molar-refractivity contribution in [1.29, 1.82) is 0 Å². The molecule has 2 rings (SSSR count). The highest BCUT2D eigenvalue weighted by molar-refractivity contribution is 7.10. The van der Waals surface area contributed by atoms with Crippen LogP contribution in [0.5, 0.6) is 5.75 Å². The largest absolute Gasteiger partial charge is 0.491 e. The van der Waals surface area contributed by atoms with Gasteiger partial charge in [0.2, 0.25) is 0 Å². The van der Waals surface area contributed by atoms with Crippen molar-refractivity contribution in [2.24, 2.45) is 0 Å². The van der Waals surface area contributed by atoms with Crippen LogP contribution in [0.1, 0.15) is 37.3 Å². The molecular weight excluding hydrogens is 290 g/mol. The molecule has 20 heavy (non-hydrogen) atoms. The van der Waals surface area contributed by atoms with Crippen molar-refractivity contribution >= 4 is 22.9 Å². The minimum Gasteiger partial charge on any atom is -0.491 e. The molecule has 0 saturated heterocycles. The number of benzene rings is 1. The normalized spacial score (nSPS) is 12.7. The van der Waals surface area contributed by atoms with Crippen molar-refractivity contribution in [2.45, 2.75) is 39.5 Å². The standard InChI is InChI=1S/C16H20ClNOS/c1-11(2)19-15-6-4-13(5-7-15)12(3)18-9-16-8-14(17)10-20-16/h4-8,10-12,18H,9H2,1-3H3. The number of hydrogen-bond acceptors (Lipinski definition) is 3. The number of ether oxygens (including phenoxy) is 1. The zero-order chi connectivity index (χ0) is 14.5. The van der Waals surface area contributed by atoms with Gasteiger partial charge in [-0.3, -0.25) is 0 Å². The second kappa shape index (κ2) is 7.11. The lowest BCUT2D eigenvalue weighted by Gasteiger charge is -2.15. The zero-order valence-electron chi connectivity index (χ0n) is 12.0. The lowest BCUT2D eigenvalue weighted by Crippen LogP contribution is -2.17. The summed E-state index contributed by atoms with van der Waals surface area (Å²) in [6.07, 6.45) is 0.208. The smallest absolute Gasteiger partial charge is 0.119 e. The average Bonchev–Trinajstić information content (AvgIpc) is 2.82. The van der Waals surface area contributed by atoms with Gasteiger partial charge in [-0.15, -0.1) is 11.3 Å². The van der Waals surface area contributed by atoms with E-state index in [1.165, 1.54) is 10.4 Å². The molecule has 1 heterocycles. The van der Waals surface area contributed by atoms with Crippen LogP contribution in [0.25, 0.3) is 0 Å². The van der Waals surface area contributed by atoms with Gasteiger partial charge < -0.3 is 10.1 Å². The fourth-order valence-electron chi connectivity index (χ4n) is 1.93. The van der Waals surface area contributed by atoms with Crippen molar-refractivity contribution in [3.05, 3.63) is 51.2 Å². The van der Waals surface area contributed by atoms with Gasteiger partial charge in [0, 0.05) is 22.8 Å². The van der Waals surface area contributed by atoms with Crippen molar-refractivity contribution in [2.75, 3.05) is 0 Å². The molecule has 2 aromatic rings. The van der Waals surface area contributed by atoms with E-state index in [1.807, 2.05) is 37.4 Å². The molecule has 0 amide bonds. The van der Waals surface area contributed by atoms with Crippen molar-refractivity contribution in [3.8, 4) is 5.75 Å². The molecule has 1 aromatic carbocycles. The highest BCUT2D eigenvalue weighted by Crippen LogP contribution is 2.21. The van der Waals surface area contributed by atoms with Gasteiger partial charge in [-0.05, 0) is 44.5 Å². The summed E-state index contributed by atoms with van der Waals surface area (Å²) in [6.45, 7) is 7.06. The zero-order valence-corrected chi connectivity index (χ0v) is 13.6. The van der Waals surface area contributed by atoms with E-state index in [1.54, 1.807) is 11.3 Å². The Morgan fingerprint density at radius 1 is 1.20 bits per heavy atom. The van der Waals surface area contributed by atoms with Crippen molar-refractivity contribution < 1.29 is 4.74 Å². The molecule has 0 fully saturated rings. The van der Waals surface area contributed by atoms with Crippen LogP contribution in [0.2, 0.25) is 5.02 Å². The van der Waals surface area contributed by atoms with Gasteiger partial charge in [0.25, 0.3) is 0 Å². The van der Waals surface area contributed by atoms with E-state index in [4.69, 9.17) is 16.3 Å². The molecule has 1 atom stereocenters. The van der Waals surface area contributed by atoms with Crippen LogP contribution in [-0.4, -0.2) is 6.10 Å². The van der Waals surface area contributed by atoms with Gasteiger partial charge in [0.1, 0.15) is 5.75 Å². The summed E-state index contributed by atoms with van der Waals surface area (Å²) in [5, 5.41) is 6.27. The molecule has 0 saturated carbocycles. The predicted molar refractivity (Wildman–Crippen MR) is 86.8 cm³/mol. The van der Waals surface area contributed by atoms with E-state index in [-0.39, 0.29) is 6.10 Å². The third-order valence-electron chi connectivity index (χ3n) is 2.96. The van der Waals surface area contributed by atoms with E-state index in [9.17, 15) is 0 Å². The molecule has 0 aliphatic rings. The maximum atomic E-state index is 5.92. The van der Waals surface area contributed by atoms with Crippen LogP contribution in [0.4, 0.5) is 0 Å². The Morgan fingerprint density at radius 2 is 1.90 bits per heavy atom. The lowest BCUT2D eigenvalue weighted by atomic mass is 10.1. The van der Waals surface area contributed by atoms with Crippen molar-refractivity contribution in [1.82, 2.24) is 5.32 Å². The fraction of sp³-hybridized carbons (Fsp3) is 0.375. The molecule has 0 radical (unpaired) electrons. The molecule has 1 N–H and O–H groups in total. The minimum absolute atomic E-state index is 0.208. The number of thiophene rings is 1. The third-order valence-corrected chi connectivity index (χ3v) is 4.24. The molecule has 2 nitrogen and oxygen atoms in total. The van der Waals surface area contributed by atoms with Gasteiger partial charge in [0.05, 0.1) is 11.1 Å². The first kappa shape index (κ1) is 15.4. The van der Waals surface area contributed by atoms with Crippen LogP contribution >= 0.6 is 22.9 Å². The summed E-state index contributed by atoms with van der Waals surface area (Å²) in [5.41, 5.74) is 1.25. The monoisotopic (exact) mass is 309 g/mol. The maximum Gasteiger partial charge on any atom is 0.119 e. The highest BCUT2D eigenvalue weighted by Gasteiger charge is 2.06. The quantitative estimate of drug-likeness (QED) is 0.807. The van der Waals surface area contributed by atoms with Gasteiger partial charge in [0.15, 0.2) is 0 Å². The number of rotatable bonds is 6. The summed E-state index contributed by atoms with van der Waals surface area (Å²) in [6, 6.07) is 10.6. The van der Waals surface area contributed by atoms with Crippen LogP contribution < -0.4 is 10.1 Å². The molecule has 108 valence electrons. The molecule has 1 unspecified atom stereocenters. The summed E-state index contributed by atoms with van der Waals surface area (Å²) in [4.78, 5) is 1.25. The second-order valence-electron chi connectivity index (χ2n) is 5.07. The Balaban J connectivity index is 1.90. The lowest BCUT2D eigenvalue weighted by molar-refractivity contribution is 0.242. The van der Waals surface area contributed by atoms with Crippen LogP contribution in [0.15, 0.2) is 35.7 Å². The first-order valence-electron chi connectivity index (χ1n) is 6.77. The Kier molecular flexibility index (Phi) is 5.46. The highest BCUT2D eigenvalue weighted by atomic mass is 35.5. The molecular formula is C16H20ClNOS.